The lowest BCUT2D eigenvalue weighted by molar-refractivity contribution is -0.143. The zero-order valence-corrected chi connectivity index (χ0v) is 15.2. The van der Waals surface area contributed by atoms with E-state index >= 15 is 0 Å². The van der Waals surface area contributed by atoms with Gasteiger partial charge in [0, 0.05) is 12.5 Å². The Bertz CT molecular complexity index is 799. The minimum Gasteiger partial charge on any atom is -0.457 e. The number of Topliss-reactive ketones (excluding diaryl/α,β-unsaturated/α-hetero) is 1. The first kappa shape index (κ1) is 19.4. The third-order valence-corrected chi connectivity index (χ3v) is 4.01. The molecule has 0 fully saturated rings. The van der Waals surface area contributed by atoms with E-state index in [2.05, 4.69) is 5.32 Å². The van der Waals surface area contributed by atoms with E-state index in [0.717, 1.165) is 16.7 Å². The van der Waals surface area contributed by atoms with Gasteiger partial charge in [0.2, 0.25) is 11.7 Å². The number of hydrogen-bond acceptors (Lipinski definition) is 4. The Kier molecular flexibility index (Phi) is 6.67. The quantitative estimate of drug-likeness (QED) is 0.612. The predicted molar refractivity (Wildman–Crippen MR) is 98.8 cm³/mol. The summed E-state index contributed by atoms with van der Waals surface area (Å²) in [6, 6.07) is 14.3. The molecule has 0 heterocycles. The maximum atomic E-state index is 12.3. The molecule has 0 bridgehead atoms. The highest BCUT2D eigenvalue weighted by Gasteiger charge is 2.19. The van der Waals surface area contributed by atoms with Crippen molar-refractivity contribution < 1.29 is 19.1 Å². The largest absolute Gasteiger partial charge is 0.457 e. The lowest BCUT2D eigenvalue weighted by Gasteiger charge is -2.17. The van der Waals surface area contributed by atoms with Gasteiger partial charge in [0.1, 0.15) is 0 Å². The van der Waals surface area contributed by atoms with Crippen molar-refractivity contribution in [1.29, 1.82) is 0 Å². The summed E-state index contributed by atoms with van der Waals surface area (Å²) < 4.78 is 5.15. The van der Waals surface area contributed by atoms with E-state index in [0.29, 0.717) is 5.56 Å². The first-order valence-corrected chi connectivity index (χ1v) is 8.45. The highest BCUT2D eigenvalue weighted by atomic mass is 16.5. The molecule has 0 unspecified atom stereocenters. The smallest absolute Gasteiger partial charge is 0.308 e. The van der Waals surface area contributed by atoms with Gasteiger partial charge in [-0.3, -0.25) is 14.4 Å². The second-order valence-corrected chi connectivity index (χ2v) is 6.27. The molecule has 26 heavy (non-hydrogen) atoms. The number of esters is 1. The number of benzene rings is 2. The third-order valence-electron chi connectivity index (χ3n) is 4.01. The van der Waals surface area contributed by atoms with Crippen molar-refractivity contribution >= 4 is 17.7 Å². The van der Waals surface area contributed by atoms with E-state index in [1.165, 1.54) is 6.92 Å². The Hall–Kier alpha value is -2.95. The first-order valence-electron chi connectivity index (χ1n) is 8.45. The Morgan fingerprint density at radius 1 is 1.04 bits per heavy atom. The molecule has 0 radical (unpaired) electrons. The van der Waals surface area contributed by atoms with E-state index in [1.807, 2.05) is 56.3 Å². The Morgan fingerprint density at radius 2 is 1.73 bits per heavy atom. The molecular weight excluding hydrogens is 330 g/mol. The fourth-order valence-electron chi connectivity index (χ4n) is 2.67. The molecule has 0 saturated heterocycles. The highest BCUT2D eigenvalue weighted by molar-refractivity contribution is 5.99. The summed E-state index contributed by atoms with van der Waals surface area (Å²) in [6.07, 6.45) is -0.0380. The number of rotatable bonds is 7. The van der Waals surface area contributed by atoms with Gasteiger partial charge in [-0.1, -0.05) is 48.0 Å². The van der Waals surface area contributed by atoms with Crippen molar-refractivity contribution in [3.8, 4) is 0 Å². The number of nitrogens with one attached hydrogen (secondary N) is 1. The van der Waals surface area contributed by atoms with Crippen molar-refractivity contribution in [1.82, 2.24) is 5.32 Å². The highest BCUT2D eigenvalue weighted by Crippen LogP contribution is 2.17. The summed E-state index contributed by atoms with van der Waals surface area (Å²) in [7, 11) is 0. The zero-order chi connectivity index (χ0) is 19.1. The second-order valence-electron chi connectivity index (χ2n) is 6.27. The van der Waals surface area contributed by atoms with Crippen LogP contribution in [-0.4, -0.2) is 24.3 Å². The van der Waals surface area contributed by atoms with Crippen LogP contribution in [0.1, 0.15) is 46.4 Å². The van der Waals surface area contributed by atoms with Crippen LogP contribution in [0.4, 0.5) is 0 Å². The maximum absolute atomic E-state index is 12.3. The monoisotopic (exact) mass is 353 g/mol. The standard InChI is InChI=1S/C21H23NO4/c1-14-9-10-15(2)18(11-14)20(24)13-26-21(25)12-19(22-16(3)23)17-7-5-4-6-8-17/h4-11,19H,12-13H2,1-3H3,(H,22,23)/t19-/m0/s1. The summed E-state index contributed by atoms with van der Waals surface area (Å²) >= 11 is 0. The number of carbonyl (C=O) groups is 3. The number of hydrogen-bond donors (Lipinski definition) is 1. The molecule has 5 heteroatoms. The number of aryl methyl sites for hydroxylation is 2. The van der Waals surface area contributed by atoms with E-state index in [9.17, 15) is 14.4 Å². The Balaban J connectivity index is 1.98. The summed E-state index contributed by atoms with van der Waals surface area (Å²) in [5.74, 6) is -1.01. The first-order chi connectivity index (χ1) is 12.4. The van der Waals surface area contributed by atoms with Crippen LogP contribution < -0.4 is 5.32 Å². The minimum atomic E-state index is -0.536. The van der Waals surface area contributed by atoms with Gasteiger partial charge in [-0.05, 0) is 31.0 Å². The average molecular weight is 353 g/mol. The molecule has 1 N–H and O–H groups in total. The molecule has 0 aliphatic heterocycles. The molecule has 0 saturated carbocycles. The van der Waals surface area contributed by atoms with Gasteiger partial charge in [0.15, 0.2) is 6.61 Å². The van der Waals surface area contributed by atoms with Gasteiger partial charge in [-0.2, -0.15) is 0 Å². The summed E-state index contributed by atoms with van der Waals surface area (Å²) in [6.45, 7) is 4.83. The molecule has 1 atom stereocenters. The lowest BCUT2D eigenvalue weighted by atomic mass is 10.0. The molecule has 2 rings (SSSR count). The molecule has 0 aromatic heterocycles. The fourth-order valence-corrected chi connectivity index (χ4v) is 2.67. The molecule has 136 valence electrons. The second kappa shape index (κ2) is 8.94. The predicted octanol–water partition coefficient (Wildman–Crippen LogP) is 3.30. The van der Waals surface area contributed by atoms with Gasteiger partial charge in [-0.25, -0.2) is 0 Å². The van der Waals surface area contributed by atoms with Crippen molar-refractivity contribution in [2.75, 3.05) is 6.61 Å². The molecule has 0 spiro atoms. The summed E-state index contributed by atoms with van der Waals surface area (Å²) in [4.78, 5) is 35.9. The number of ether oxygens (including phenoxy) is 1. The van der Waals surface area contributed by atoms with Gasteiger partial charge in [0.25, 0.3) is 0 Å². The van der Waals surface area contributed by atoms with Crippen LogP contribution in [0.25, 0.3) is 0 Å². The molecule has 1 amide bonds. The van der Waals surface area contributed by atoms with Crippen LogP contribution in [0.15, 0.2) is 48.5 Å². The summed E-state index contributed by atoms with van der Waals surface area (Å²) in [5, 5.41) is 2.74. The Labute approximate surface area is 153 Å². The molecule has 2 aromatic carbocycles. The average Bonchev–Trinajstić information content (AvgIpc) is 2.61. The number of ketones is 1. The molecule has 5 nitrogen and oxygen atoms in total. The lowest BCUT2D eigenvalue weighted by Crippen LogP contribution is -2.29. The van der Waals surface area contributed by atoms with Crippen molar-refractivity contribution in [2.24, 2.45) is 0 Å². The minimum absolute atomic E-state index is 0.0380. The molecule has 2 aromatic rings. The summed E-state index contributed by atoms with van der Waals surface area (Å²) in [5.41, 5.74) is 3.18. The van der Waals surface area contributed by atoms with Gasteiger partial charge >= 0.3 is 5.97 Å². The fraction of sp³-hybridized carbons (Fsp3) is 0.286. The molecule has 0 aliphatic rings. The SMILES string of the molecule is CC(=O)N[C@@H](CC(=O)OCC(=O)c1cc(C)ccc1C)c1ccccc1. The van der Waals surface area contributed by atoms with Crippen molar-refractivity contribution in [3.63, 3.8) is 0 Å². The van der Waals surface area contributed by atoms with E-state index in [1.54, 1.807) is 6.07 Å². The van der Waals surface area contributed by atoms with Gasteiger partial charge in [-0.15, -0.1) is 0 Å². The van der Waals surface area contributed by atoms with E-state index in [4.69, 9.17) is 4.74 Å². The van der Waals surface area contributed by atoms with E-state index in [-0.39, 0.29) is 24.7 Å². The molecule has 0 aliphatic carbocycles. The molecular formula is C21H23NO4. The van der Waals surface area contributed by atoms with Gasteiger partial charge < -0.3 is 10.1 Å². The van der Waals surface area contributed by atoms with Crippen LogP contribution in [0.5, 0.6) is 0 Å². The van der Waals surface area contributed by atoms with Crippen molar-refractivity contribution in [2.45, 2.75) is 33.2 Å². The number of carbonyl (C=O) groups excluding carboxylic acids is 3. The third kappa shape index (κ3) is 5.55. The van der Waals surface area contributed by atoms with Gasteiger partial charge in [0.05, 0.1) is 12.5 Å². The van der Waals surface area contributed by atoms with Crippen LogP contribution in [0, 0.1) is 13.8 Å². The topological polar surface area (TPSA) is 72.5 Å². The Morgan fingerprint density at radius 3 is 2.38 bits per heavy atom. The maximum Gasteiger partial charge on any atom is 0.308 e. The zero-order valence-electron chi connectivity index (χ0n) is 15.2. The van der Waals surface area contributed by atoms with E-state index < -0.39 is 12.0 Å². The number of amides is 1. The normalized spacial score (nSPS) is 11.5. The van der Waals surface area contributed by atoms with Crippen molar-refractivity contribution in [3.05, 3.63) is 70.8 Å². The van der Waals surface area contributed by atoms with Crippen LogP contribution in [0.2, 0.25) is 0 Å². The van der Waals surface area contributed by atoms with Crippen LogP contribution in [0.3, 0.4) is 0 Å². The van der Waals surface area contributed by atoms with Crippen LogP contribution in [-0.2, 0) is 14.3 Å². The van der Waals surface area contributed by atoms with Crippen LogP contribution >= 0.6 is 0 Å².